The van der Waals surface area contributed by atoms with Crippen LogP contribution in [0, 0.1) is 0 Å². The van der Waals surface area contributed by atoms with Crippen LogP contribution in [0.5, 0.6) is 0 Å². The molecule has 1 aromatic rings. The van der Waals surface area contributed by atoms with E-state index in [1.165, 1.54) is 5.56 Å². The van der Waals surface area contributed by atoms with Crippen LogP contribution in [0.3, 0.4) is 0 Å². The lowest BCUT2D eigenvalue weighted by Crippen LogP contribution is -2.38. The molecule has 1 rings (SSSR count). The molecule has 0 saturated heterocycles. The molecule has 0 aliphatic carbocycles. The molecule has 0 bridgehead atoms. The summed E-state index contributed by atoms with van der Waals surface area (Å²) < 4.78 is 0. The van der Waals surface area contributed by atoms with Gasteiger partial charge in [-0.1, -0.05) is 50.3 Å². The third-order valence-corrected chi connectivity index (χ3v) is 3.58. The van der Waals surface area contributed by atoms with Crippen molar-refractivity contribution >= 4 is 23.2 Å². The molecule has 20 heavy (non-hydrogen) atoms. The van der Waals surface area contributed by atoms with Crippen LogP contribution in [0.4, 0.5) is 0 Å². The Bertz CT molecular complexity index is 459. The van der Waals surface area contributed by atoms with Gasteiger partial charge in [0.2, 0.25) is 0 Å². The van der Waals surface area contributed by atoms with Gasteiger partial charge in [0.1, 0.15) is 0 Å². The number of aryl methyl sites for hydroxylation is 1. The normalized spacial score (nSPS) is 12.3. The smallest absolute Gasteiger partial charge is 0.304 e. The first kappa shape index (κ1) is 16.6. The maximum atomic E-state index is 10.7. The lowest BCUT2D eigenvalue weighted by Gasteiger charge is -2.30. The van der Waals surface area contributed by atoms with Gasteiger partial charge in [0.15, 0.2) is 0 Å². The van der Waals surface area contributed by atoms with Crippen molar-refractivity contribution < 1.29 is 9.90 Å². The predicted octanol–water partition coefficient (Wildman–Crippen LogP) is 2.37. The number of benzene rings is 1. The van der Waals surface area contributed by atoms with Crippen molar-refractivity contribution in [3.05, 3.63) is 35.4 Å². The summed E-state index contributed by atoms with van der Waals surface area (Å²) in [5.74, 6) is -0.813. The van der Waals surface area contributed by atoms with E-state index in [0.717, 1.165) is 12.0 Å². The number of nitrogens with two attached hydrogens (primary N) is 1. The Hall–Kier alpha value is -1.46. The lowest BCUT2D eigenvalue weighted by molar-refractivity contribution is -0.137. The first-order valence-electron chi connectivity index (χ1n) is 6.83. The van der Waals surface area contributed by atoms with Crippen LogP contribution in [0.25, 0.3) is 0 Å². The van der Waals surface area contributed by atoms with E-state index in [9.17, 15) is 4.79 Å². The van der Waals surface area contributed by atoms with E-state index in [1.807, 2.05) is 24.0 Å². The zero-order chi connectivity index (χ0) is 15.1. The van der Waals surface area contributed by atoms with Crippen LogP contribution in [-0.4, -0.2) is 34.1 Å². The van der Waals surface area contributed by atoms with Crippen LogP contribution in [0.15, 0.2) is 24.3 Å². The van der Waals surface area contributed by atoms with Crippen LogP contribution in [-0.2, 0) is 11.2 Å². The van der Waals surface area contributed by atoms with E-state index < -0.39 is 5.97 Å². The summed E-state index contributed by atoms with van der Waals surface area (Å²) in [4.78, 5) is 13.1. The molecule has 0 heterocycles. The number of thiocarbonyl (C=S) groups is 1. The van der Waals surface area contributed by atoms with Crippen molar-refractivity contribution in [2.45, 2.75) is 32.7 Å². The summed E-state index contributed by atoms with van der Waals surface area (Å²) in [7, 11) is 0. The second kappa shape index (κ2) is 7.97. The van der Waals surface area contributed by atoms with Gasteiger partial charge in [-0.2, -0.15) is 0 Å². The van der Waals surface area contributed by atoms with E-state index in [1.54, 1.807) is 0 Å². The minimum Gasteiger partial charge on any atom is -0.481 e. The zero-order valence-electron chi connectivity index (χ0n) is 12.0. The maximum Gasteiger partial charge on any atom is 0.304 e. The molecule has 0 saturated carbocycles. The van der Waals surface area contributed by atoms with E-state index in [-0.39, 0.29) is 12.5 Å². The van der Waals surface area contributed by atoms with Crippen molar-refractivity contribution in [2.75, 3.05) is 13.1 Å². The Morgan fingerprint density at radius 2 is 1.95 bits per heavy atom. The quantitative estimate of drug-likeness (QED) is 0.721. The van der Waals surface area contributed by atoms with Gasteiger partial charge in [0.25, 0.3) is 0 Å². The molecule has 3 N–H and O–H groups in total. The van der Waals surface area contributed by atoms with E-state index >= 15 is 0 Å². The predicted molar refractivity (Wildman–Crippen MR) is 84.8 cm³/mol. The maximum absolute atomic E-state index is 10.7. The molecule has 1 unspecified atom stereocenters. The van der Waals surface area contributed by atoms with E-state index in [0.29, 0.717) is 18.1 Å². The number of carboxylic acids is 1. The highest BCUT2D eigenvalue weighted by molar-refractivity contribution is 7.80. The first-order chi connectivity index (χ1) is 9.49. The number of aliphatic carboxylic acids is 1. The van der Waals surface area contributed by atoms with Crippen molar-refractivity contribution in [3.63, 3.8) is 0 Å². The molecule has 0 aliphatic heterocycles. The third kappa shape index (κ3) is 4.58. The summed E-state index contributed by atoms with van der Waals surface area (Å²) in [5.41, 5.74) is 8.13. The summed E-state index contributed by atoms with van der Waals surface area (Å²) in [6.07, 6.45) is 1.06. The molecule has 1 aromatic carbocycles. The van der Waals surface area contributed by atoms with Crippen molar-refractivity contribution in [1.82, 2.24) is 4.90 Å². The molecule has 5 heteroatoms. The average Bonchev–Trinajstić information content (AvgIpc) is 2.43. The number of nitrogens with zero attached hydrogens (tertiary/aromatic N) is 1. The van der Waals surface area contributed by atoms with Crippen LogP contribution >= 0.6 is 12.2 Å². The van der Waals surface area contributed by atoms with Gasteiger partial charge in [0.05, 0.1) is 17.5 Å². The molecule has 0 aromatic heterocycles. The Morgan fingerprint density at radius 3 is 2.35 bits per heavy atom. The zero-order valence-corrected chi connectivity index (χ0v) is 12.8. The summed E-state index contributed by atoms with van der Waals surface area (Å²) in [5, 5.41) is 8.83. The fourth-order valence-corrected chi connectivity index (χ4v) is 2.48. The first-order valence-corrected chi connectivity index (χ1v) is 7.24. The minimum atomic E-state index is -0.813. The van der Waals surface area contributed by atoms with Gasteiger partial charge >= 0.3 is 5.97 Å². The largest absolute Gasteiger partial charge is 0.481 e. The van der Waals surface area contributed by atoms with Gasteiger partial charge in [-0.15, -0.1) is 0 Å². The molecule has 0 fully saturated rings. The molecule has 0 amide bonds. The minimum absolute atomic E-state index is 0.0833. The van der Waals surface area contributed by atoms with E-state index in [2.05, 4.69) is 19.1 Å². The fraction of sp³-hybridized carbons (Fsp3) is 0.467. The number of rotatable bonds is 8. The topological polar surface area (TPSA) is 66.6 Å². The number of carboxylic acid groups (broad SMARTS) is 1. The van der Waals surface area contributed by atoms with Crippen molar-refractivity contribution in [1.29, 1.82) is 0 Å². The van der Waals surface area contributed by atoms with Gasteiger partial charge in [0, 0.05) is 6.54 Å². The van der Waals surface area contributed by atoms with Crippen molar-refractivity contribution in [2.24, 2.45) is 5.73 Å². The van der Waals surface area contributed by atoms with Crippen LogP contribution in [0.1, 0.15) is 37.4 Å². The molecule has 0 spiro atoms. The molecule has 0 aliphatic rings. The molecule has 1 atom stereocenters. The third-order valence-electron chi connectivity index (χ3n) is 3.36. The second-order valence-electron chi connectivity index (χ2n) is 4.67. The van der Waals surface area contributed by atoms with Crippen LogP contribution < -0.4 is 5.73 Å². The average molecular weight is 294 g/mol. The standard InChI is InChI=1S/C15H22N2O2S/c1-3-11-5-7-12(8-6-11)14(15(16)20)17(4-2)10-9-13(18)19/h5-8,14H,3-4,9-10H2,1-2H3,(H2,16,20)(H,18,19). The Balaban J connectivity index is 2.95. The van der Waals surface area contributed by atoms with Crippen LogP contribution in [0.2, 0.25) is 0 Å². The second-order valence-corrected chi connectivity index (χ2v) is 5.14. The highest BCUT2D eigenvalue weighted by Gasteiger charge is 2.22. The highest BCUT2D eigenvalue weighted by Crippen LogP contribution is 2.22. The summed E-state index contributed by atoms with van der Waals surface area (Å²) >= 11 is 5.17. The number of hydrogen-bond donors (Lipinski definition) is 2. The van der Waals surface area contributed by atoms with Gasteiger partial charge in [-0.05, 0) is 24.1 Å². The van der Waals surface area contributed by atoms with Crippen molar-refractivity contribution in [3.8, 4) is 0 Å². The molecule has 110 valence electrons. The Kier molecular flexibility index (Phi) is 6.61. The fourth-order valence-electron chi connectivity index (χ4n) is 2.20. The number of hydrogen-bond acceptors (Lipinski definition) is 3. The van der Waals surface area contributed by atoms with Gasteiger partial charge in [-0.3, -0.25) is 9.69 Å². The van der Waals surface area contributed by atoms with Gasteiger partial charge in [-0.25, -0.2) is 0 Å². The monoisotopic (exact) mass is 294 g/mol. The molecular formula is C15H22N2O2S. The Morgan fingerprint density at radius 1 is 1.35 bits per heavy atom. The lowest BCUT2D eigenvalue weighted by atomic mass is 10.0. The number of likely N-dealkylation sites (N-methyl/N-ethyl adjacent to an activating group) is 1. The molecule has 4 nitrogen and oxygen atoms in total. The SMILES string of the molecule is CCc1ccc(C(C(N)=S)N(CC)CCC(=O)O)cc1. The van der Waals surface area contributed by atoms with Gasteiger partial charge < -0.3 is 10.8 Å². The molecular weight excluding hydrogens is 272 g/mol. The summed E-state index contributed by atoms with van der Waals surface area (Å²) in [6.45, 7) is 5.22. The highest BCUT2D eigenvalue weighted by atomic mass is 32.1. The Labute approximate surface area is 125 Å². The summed E-state index contributed by atoms with van der Waals surface area (Å²) in [6, 6.07) is 7.95. The number of carbonyl (C=O) groups is 1. The molecule has 0 radical (unpaired) electrons. The van der Waals surface area contributed by atoms with E-state index in [4.69, 9.17) is 23.1 Å².